The Morgan fingerprint density at radius 2 is 1.65 bits per heavy atom. The van der Waals surface area contributed by atoms with Crippen molar-refractivity contribution in [1.29, 1.82) is 5.26 Å². The van der Waals surface area contributed by atoms with Gasteiger partial charge in [0, 0.05) is 37.8 Å². The Morgan fingerprint density at radius 1 is 0.980 bits per heavy atom. The summed E-state index contributed by atoms with van der Waals surface area (Å²) in [4.78, 5) is 15.9. The topological polar surface area (TPSA) is 169 Å². The van der Waals surface area contributed by atoms with Gasteiger partial charge in [0.1, 0.15) is 17.8 Å². The van der Waals surface area contributed by atoms with Crippen LogP contribution in [-0.4, -0.2) is 131 Å². The van der Waals surface area contributed by atoms with E-state index < -0.39 is 95.8 Å². The van der Waals surface area contributed by atoms with Crippen molar-refractivity contribution in [1.82, 2.24) is 4.90 Å². The van der Waals surface area contributed by atoms with Crippen molar-refractivity contribution in [2.45, 2.75) is 186 Å². The number of carbonyl (C=O) groups is 1. The number of hydrogen-bond donors (Lipinski definition) is 3. The van der Waals surface area contributed by atoms with Crippen LogP contribution in [0.15, 0.2) is 0 Å². The number of cyclic esters (lactones) is 1. The van der Waals surface area contributed by atoms with E-state index in [4.69, 9.17) is 33.2 Å². The largest absolute Gasteiger partial charge is 0.459 e. The van der Waals surface area contributed by atoms with Gasteiger partial charge in [-0.3, -0.25) is 9.69 Å². The van der Waals surface area contributed by atoms with Crippen LogP contribution in [0.2, 0.25) is 0 Å². The molecule has 0 aromatic carbocycles. The lowest BCUT2D eigenvalue weighted by Crippen LogP contribution is -2.60. The van der Waals surface area contributed by atoms with E-state index in [1.54, 1.807) is 32.9 Å². The number of nitrogens with zero attached hydrogens (tertiary/aromatic N) is 2. The van der Waals surface area contributed by atoms with Crippen LogP contribution < -0.4 is 0 Å². The van der Waals surface area contributed by atoms with Gasteiger partial charge in [0.2, 0.25) is 0 Å². The van der Waals surface area contributed by atoms with Crippen LogP contribution in [0.4, 0.5) is 0 Å². The van der Waals surface area contributed by atoms with Crippen LogP contribution in [0, 0.1) is 35.0 Å². The Morgan fingerprint density at radius 3 is 2.25 bits per heavy atom. The Kier molecular flexibility index (Phi) is 13.7. The van der Waals surface area contributed by atoms with Gasteiger partial charge in [0.05, 0.1) is 66.4 Å². The summed E-state index contributed by atoms with van der Waals surface area (Å²) in [6.45, 7) is 18.8. The van der Waals surface area contributed by atoms with E-state index in [1.165, 1.54) is 6.92 Å². The van der Waals surface area contributed by atoms with Crippen molar-refractivity contribution < 1.29 is 53.3 Å². The second-order valence-electron chi connectivity index (χ2n) is 16.9. The molecule has 0 unspecified atom stereocenters. The fourth-order valence-electron chi connectivity index (χ4n) is 9.41. The minimum Gasteiger partial charge on any atom is -0.459 e. The van der Waals surface area contributed by atoms with Crippen molar-refractivity contribution >= 4 is 5.97 Å². The highest BCUT2D eigenvalue weighted by atomic mass is 16.7. The summed E-state index contributed by atoms with van der Waals surface area (Å²) in [7, 11) is 3.46. The van der Waals surface area contributed by atoms with Gasteiger partial charge in [0.15, 0.2) is 12.6 Å². The summed E-state index contributed by atoms with van der Waals surface area (Å²) in [5.74, 6) is -2.66. The zero-order chi connectivity index (χ0) is 38.2. The van der Waals surface area contributed by atoms with Crippen LogP contribution in [0.1, 0.15) is 101 Å². The third kappa shape index (κ3) is 8.93. The Bertz CT molecular complexity index is 1220. The average Bonchev–Trinajstić information content (AvgIpc) is 3.38. The van der Waals surface area contributed by atoms with Gasteiger partial charge in [-0.25, -0.2) is 0 Å². The number of rotatable bonds is 8. The number of methoxy groups -OCH3 is 1. The molecule has 4 saturated heterocycles. The minimum absolute atomic E-state index is 0.0633. The normalized spacial score (nSPS) is 50.1. The van der Waals surface area contributed by atoms with Crippen LogP contribution in [0.5, 0.6) is 0 Å². The first-order chi connectivity index (χ1) is 23.7. The molecule has 4 fully saturated rings. The monoisotopic (exact) mass is 726 g/mol. The van der Waals surface area contributed by atoms with Crippen LogP contribution in [-0.2, 0) is 38.0 Å². The highest BCUT2D eigenvalue weighted by Crippen LogP contribution is 2.48. The van der Waals surface area contributed by atoms with Crippen molar-refractivity contribution in [2.75, 3.05) is 20.7 Å². The molecule has 4 aliphatic rings. The molecule has 0 aromatic rings. The van der Waals surface area contributed by atoms with Gasteiger partial charge in [-0.1, -0.05) is 27.7 Å². The SMILES string of the molecule is CC[C@H]1OC(=O)[C@H](C)[C@@H](O[C@H]2C[C@@](C)(OC)C[C@H](C)O2)[C@H](C)[C@@H](O[C@@H]2O[C@H](C)C[C@H](N(C)CC#N)[C@H]2O)[C@@]2(C)C[C@H](C)[C@@H](O2)[C@H](C)[C@@H](O)[C@]1(C)O. The summed E-state index contributed by atoms with van der Waals surface area (Å²) >= 11 is 0. The molecule has 0 aliphatic carbocycles. The quantitative estimate of drug-likeness (QED) is 0.246. The lowest BCUT2D eigenvalue weighted by atomic mass is 9.76. The molecule has 13 nitrogen and oxygen atoms in total. The Balaban J connectivity index is 1.83. The molecule has 0 radical (unpaired) electrons. The molecule has 4 aliphatic heterocycles. The van der Waals surface area contributed by atoms with Crippen molar-refractivity contribution in [3.05, 3.63) is 0 Å². The highest BCUT2D eigenvalue weighted by molar-refractivity contribution is 5.73. The summed E-state index contributed by atoms with van der Waals surface area (Å²) in [6.07, 6.45) is -5.43. The number of likely N-dealkylation sites (N-methyl/N-ethyl adjacent to an activating group) is 1. The molecule has 0 amide bonds. The number of esters is 1. The third-order valence-corrected chi connectivity index (χ3v) is 12.3. The summed E-state index contributed by atoms with van der Waals surface area (Å²) in [5, 5.41) is 44.6. The number of nitriles is 1. The van der Waals surface area contributed by atoms with Gasteiger partial charge in [-0.2, -0.15) is 5.26 Å². The van der Waals surface area contributed by atoms with E-state index in [0.717, 1.165) is 0 Å². The van der Waals surface area contributed by atoms with E-state index in [-0.39, 0.29) is 31.1 Å². The number of hydrogen-bond acceptors (Lipinski definition) is 13. The third-order valence-electron chi connectivity index (χ3n) is 12.3. The zero-order valence-corrected chi connectivity index (χ0v) is 32.9. The van der Waals surface area contributed by atoms with Gasteiger partial charge < -0.3 is 48.5 Å². The van der Waals surface area contributed by atoms with Crippen molar-refractivity contribution in [3.8, 4) is 6.07 Å². The number of aliphatic hydroxyl groups excluding tert-OH is 2. The van der Waals surface area contributed by atoms with Crippen LogP contribution in [0.25, 0.3) is 0 Å². The fourth-order valence-corrected chi connectivity index (χ4v) is 9.41. The number of ether oxygens (including phenoxy) is 7. The minimum atomic E-state index is -1.78. The molecule has 2 bridgehead atoms. The first kappa shape index (κ1) is 42.3. The average molecular weight is 727 g/mol. The van der Waals surface area contributed by atoms with Gasteiger partial charge in [0.25, 0.3) is 0 Å². The van der Waals surface area contributed by atoms with Gasteiger partial charge >= 0.3 is 5.97 Å². The molecule has 4 rings (SSSR count). The molecule has 51 heavy (non-hydrogen) atoms. The van der Waals surface area contributed by atoms with E-state index in [9.17, 15) is 25.4 Å². The first-order valence-electron chi connectivity index (χ1n) is 18.9. The summed E-state index contributed by atoms with van der Waals surface area (Å²) < 4.78 is 45.2. The standard InChI is InChI=1S/C38H66N2O11/c1-13-27-38(10,44)32(42)23(5)30-20(2)17-37(9,51-30)33(50-35-29(41)26(16-21(3)47-35)40(11)15-14-39)24(6)31(25(7)34(43)48-27)49-28-19-36(8,45-12)18-22(4)46-28/h20-33,35,41-42,44H,13,15-19H2,1-12H3/t20-,21+,22-,23-,24-,25+,26-,27+,28-,29+,30+,31-,32+,33+,35-,36-,37+,38+/m0/s1. The number of aliphatic hydroxyl groups is 3. The lowest BCUT2D eigenvalue weighted by Gasteiger charge is -2.48. The van der Waals surface area contributed by atoms with Gasteiger partial charge in [-0.15, -0.1) is 0 Å². The molecule has 0 saturated carbocycles. The van der Waals surface area contributed by atoms with Crippen LogP contribution >= 0.6 is 0 Å². The van der Waals surface area contributed by atoms with Gasteiger partial charge in [-0.05, 0) is 73.8 Å². The molecule has 294 valence electrons. The molecular formula is C38H66N2O11. The second kappa shape index (κ2) is 16.5. The van der Waals surface area contributed by atoms with Crippen molar-refractivity contribution in [3.63, 3.8) is 0 Å². The smallest absolute Gasteiger partial charge is 0.311 e. The Labute approximate surface area is 305 Å². The molecular weight excluding hydrogens is 660 g/mol. The second-order valence-corrected chi connectivity index (χ2v) is 16.9. The number of fused-ring (bicyclic) bond motifs is 2. The molecule has 18 atom stereocenters. The van der Waals surface area contributed by atoms with Crippen LogP contribution in [0.3, 0.4) is 0 Å². The van der Waals surface area contributed by atoms with E-state index in [0.29, 0.717) is 25.7 Å². The highest BCUT2D eigenvalue weighted by Gasteiger charge is 2.57. The maximum atomic E-state index is 14.1. The molecule has 3 N–H and O–H groups in total. The molecule has 0 aromatic heterocycles. The molecule has 4 heterocycles. The fraction of sp³-hybridized carbons (Fsp3) is 0.947. The molecule has 13 heteroatoms. The van der Waals surface area contributed by atoms with E-state index in [1.807, 2.05) is 41.5 Å². The first-order valence-corrected chi connectivity index (χ1v) is 18.9. The van der Waals surface area contributed by atoms with E-state index in [2.05, 4.69) is 13.0 Å². The predicted molar refractivity (Wildman–Crippen MR) is 187 cm³/mol. The Hall–Kier alpha value is -1.44. The molecule has 0 spiro atoms. The maximum Gasteiger partial charge on any atom is 0.311 e. The van der Waals surface area contributed by atoms with Crippen molar-refractivity contribution in [2.24, 2.45) is 23.7 Å². The number of carbonyl (C=O) groups excluding carboxylic acids is 1. The predicted octanol–water partition coefficient (Wildman–Crippen LogP) is 3.55. The maximum absolute atomic E-state index is 14.1. The van der Waals surface area contributed by atoms with E-state index >= 15 is 0 Å². The summed E-state index contributed by atoms with van der Waals surface area (Å²) in [5.41, 5.74) is -3.30. The lowest BCUT2D eigenvalue weighted by molar-refractivity contribution is -0.312. The summed E-state index contributed by atoms with van der Waals surface area (Å²) in [6, 6.07) is 1.76. The zero-order valence-electron chi connectivity index (χ0n) is 32.9.